The second-order valence-electron chi connectivity index (χ2n) is 5.19. The minimum absolute atomic E-state index is 0.0403. The standard InChI is InChI=1S/C14H13BrF4S/c15-20(14(17,18)19)12(9-3-1-2-4-9)7-10-5-6-11(16)8-13(10)20/h5-9H,1-4H2. The van der Waals surface area contributed by atoms with Crippen LogP contribution in [-0.4, -0.2) is 5.51 Å². The molecule has 3 rings (SSSR count). The molecule has 2 aliphatic rings. The average Bonchev–Trinajstić information content (AvgIpc) is 2.96. The molecule has 0 bridgehead atoms. The lowest BCUT2D eigenvalue weighted by Crippen LogP contribution is -2.18. The topological polar surface area (TPSA) is 0 Å². The van der Waals surface area contributed by atoms with E-state index in [0.29, 0.717) is 10.5 Å². The van der Waals surface area contributed by atoms with E-state index in [9.17, 15) is 17.6 Å². The van der Waals surface area contributed by atoms with E-state index in [1.807, 2.05) is 0 Å². The lowest BCUT2D eigenvalue weighted by Gasteiger charge is -2.37. The molecule has 110 valence electrons. The molecule has 1 saturated carbocycles. The highest BCUT2D eigenvalue weighted by atomic mass is 79.9. The Labute approximate surface area is 123 Å². The molecule has 1 aliphatic heterocycles. The van der Waals surface area contributed by atoms with Crippen molar-refractivity contribution in [1.82, 2.24) is 0 Å². The van der Waals surface area contributed by atoms with E-state index in [-0.39, 0.29) is 10.8 Å². The van der Waals surface area contributed by atoms with Crippen LogP contribution in [0, 0.1) is 11.7 Å². The zero-order valence-electron chi connectivity index (χ0n) is 10.5. The monoisotopic (exact) mass is 368 g/mol. The first-order valence-corrected chi connectivity index (χ1v) is 9.92. The van der Waals surface area contributed by atoms with Gasteiger partial charge in [-0.2, -0.15) is 13.2 Å². The lowest BCUT2D eigenvalue weighted by molar-refractivity contribution is -0.0357. The molecular weight excluding hydrogens is 356 g/mol. The van der Waals surface area contributed by atoms with Gasteiger partial charge in [-0.3, -0.25) is 0 Å². The molecule has 0 amide bonds. The summed E-state index contributed by atoms with van der Waals surface area (Å²) in [6.45, 7) is 0. The molecule has 1 fully saturated rings. The Kier molecular flexibility index (Phi) is 3.44. The van der Waals surface area contributed by atoms with Crippen LogP contribution in [-0.2, 0) is 0 Å². The largest absolute Gasteiger partial charge is 0.442 e. The second-order valence-corrected chi connectivity index (χ2v) is 10.6. The van der Waals surface area contributed by atoms with Crippen LogP contribution in [0.5, 0.6) is 0 Å². The third-order valence-electron chi connectivity index (χ3n) is 3.98. The van der Waals surface area contributed by atoms with Gasteiger partial charge in [-0.1, -0.05) is 18.9 Å². The third-order valence-corrected chi connectivity index (χ3v) is 9.95. The van der Waals surface area contributed by atoms with Gasteiger partial charge in [0.1, 0.15) is 5.82 Å². The van der Waals surface area contributed by atoms with Crippen molar-refractivity contribution in [1.29, 1.82) is 0 Å². The minimum Gasteiger partial charge on any atom is -0.207 e. The smallest absolute Gasteiger partial charge is 0.207 e. The van der Waals surface area contributed by atoms with E-state index in [1.54, 1.807) is 6.08 Å². The van der Waals surface area contributed by atoms with E-state index in [2.05, 4.69) is 14.8 Å². The number of hydrogen-bond donors (Lipinski definition) is 0. The van der Waals surface area contributed by atoms with Crippen LogP contribution in [0.25, 0.3) is 6.08 Å². The van der Waals surface area contributed by atoms with Gasteiger partial charge in [-0.25, -0.2) is 4.39 Å². The number of fused-ring (bicyclic) bond motifs is 1. The number of alkyl halides is 3. The van der Waals surface area contributed by atoms with Gasteiger partial charge in [-0.15, -0.1) is 0 Å². The van der Waals surface area contributed by atoms with Gasteiger partial charge in [0.25, 0.3) is 0 Å². The average molecular weight is 369 g/mol. The number of allylic oxidation sites excluding steroid dienone is 1. The van der Waals surface area contributed by atoms with Gasteiger partial charge >= 0.3 is 5.51 Å². The Morgan fingerprint density at radius 2 is 1.80 bits per heavy atom. The summed E-state index contributed by atoms with van der Waals surface area (Å²) in [4.78, 5) is 0.481. The Balaban J connectivity index is 2.16. The fourth-order valence-corrected chi connectivity index (χ4v) is 7.44. The summed E-state index contributed by atoms with van der Waals surface area (Å²) in [5.41, 5.74) is -3.90. The summed E-state index contributed by atoms with van der Waals surface area (Å²) in [7, 11) is -3.29. The van der Waals surface area contributed by atoms with Crippen molar-refractivity contribution in [3.8, 4) is 0 Å². The van der Waals surface area contributed by atoms with Gasteiger partial charge in [0.2, 0.25) is 0 Å². The Morgan fingerprint density at radius 3 is 2.40 bits per heavy atom. The van der Waals surface area contributed by atoms with Crippen molar-refractivity contribution in [2.75, 3.05) is 0 Å². The van der Waals surface area contributed by atoms with Crippen molar-refractivity contribution in [2.24, 2.45) is 5.92 Å². The molecule has 0 radical (unpaired) electrons. The lowest BCUT2D eigenvalue weighted by atomic mass is 10.1. The fraction of sp³-hybridized carbons (Fsp3) is 0.429. The molecule has 6 heteroatoms. The van der Waals surface area contributed by atoms with Crippen molar-refractivity contribution in [2.45, 2.75) is 36.1 Å². The maximum atomic E-state index is 13.7. The highest BCUT2D eigenvalue weighted by Crippen LogP contribution is 2.82. The molecule has 0 nitrogen and oxygen atoms in total. The SMILES string of the molecule is Fc1ccc2c(c1)S(Br)(C(F)(F)F)C(C1CCCC1)=C2. The Hall–Kier alpha value is -0.490. The first kappa shape index (κ1) is 14.4. The molecule has 0 N–H and O–H groups in total. The molecule has 0 spiro atoms. The van der Waals surface area contributed by atoms with Crippen LogP contribution in [0.4, 0.5) is 17.6 Å². The Bertz CT molecular complexity index is 575. The van der Waals surface area contributed by atoms with Crippen LogP contribution in [0.2, 0.25) is 0 Å². The summed E-state index contributed by atoms with van der Waals surface area (Å²) in [6, 6.07) is 3.70. The Morgan fingerprint density at radius 1 is 1.15 bits per heavy atom. The quantitative estimate of drug-likeness (QED) is 0.505. The molecule has 1 heterocycles. The van der Waals surface area contributed by atoms with Crippen LogP contribution in [0.3, 0.4) is 0 Å². The van der Waals surface area contributed by atoms with Crippen molar-refractivity contribution in [3.63, 3.8) is 0 Å². The highest BCUT2D eigenvalue weighted by molar-refractivity contribution is 9.59. The molecular formula is C14H13BrF4S. The van der Waals surface area contributed by atoms with Gasteiger partial charge in [-0.05, 0) is 70.7 Å². The number of benzene rings is 1. The normalized spacial score (nSPS) is 29.9. The van der Waals surface area contributed by atoms with E-state index >= 15 is 0 Å². The van der Waals surface area contributed by atoms with Crippen LogP contribution >= 0.6 is 23.3 Å². The summed E-state index contributed by atoms with van der Waals surface area (Å²) >= 11 is 3.00. The van der Waals surface area contributed by atoms with Gasteiger partial charge in [0.15, 0.2) is 0 Å². The molecule has 0 aromatic heterocycles. The van der Waals surface area contributed by atoms with Crippen LogP contribution in [0.15, 0.2) is 28.0 Å². The van der Waals surface area contributed by atoms with E-state index in [4.69, 9.17) is 0 Å². The predicted molar refractivity (Wildman–Crippen MR) is 77.2 cm³/mol. The van der Waals surface area contributed by atoms with Crippen LogP contribution in [0.1, 0.15) is 31.2 Å². The molecule has 1 aromatic carbocycles. The summed E-state index contributed by atoms with van der Waals surface area (Å²) < 4.78 is 54.5. The third kappa shape index (κ3) is 2.03. The summed E-state index contributed by atoms with van der Waals surface area (Å²) in [6.07, 6.45) is 5.14. The van der Waals surface area contributed by atoms with Gasteiger partial charge in [0, 0.05) is 4.90 Å². The van der Waals surface area contributed by atoms with Crippen molar-refractivity contribution < 1.29 is 17.6 Å². The maximum absolute atomic E-state index is 13.7. The molecule has 1 atom stereocenters. The first-order valence-electron chi connectivity index (χ1n) is 6.44. The summed E-state index contributed by atoms with van der Waals surface area (Å²) in [5, 5.41) is 0. The molecule has 1 aromatic rings. The zero-order chi connectivity index (χ0) is 14.5. The number of rotatable bonds is 1. The van der Waals surface area contributed by atoms with Crippen molar-refractivity contribution >= 4 is 29.4 Å². The van der Waals surface area contributed by atoms with E-state index < -0.39 is 19.8 Å². The second kappa shape index (κ2) is 4.77. The first-order chi connectivity index (χ1) is 9.34. The van der Waals surface area contributed by atoms with Crippen molar-refractivity contribution in [3.05, 3.63) is 34.5 Å². The maximum Gasteiger partial charge on any atom is 0.442 e. The zero-order valence-corrected chi connectivity index (χ0v) is 12.9. The molecule has 1 unspecified atom stereocenters. The van der Waals surface area contributed by atoms with Crippen LogP contribution < -0.4 is 0 Å². The molecule has 20 heavy (non-hydrogen) atoms. The van der Waals surface area contributed by atoms with Gasteiger partial charge < -0.3 is 0 Å². The summed E-state index contributed by atoms with van der Waals surface area (Å²) in [5.74, 6) is -0.660. The minimum atomic E-state index is -4.40. The molecule has 1 aliphatic carbocycles. The predicted octanol–water partition coefficient (Wildman–Crippen LogP) is 6.36. The van der Waals surface area contributed by atoms with Gasteiger partial charge in [0.05, 0.1) is 0 Å². The van der Waals surface area contributed by atoms with E-state index in [1.165, 1.54) is 12.1 Å². The highest BCUT2D eigenvalue weighted by Gasteiger charge is 2.56. The number of hydrogen-bond acceptors (Lipinski definition) is 0. The van der Waals surface area contributed by atoms with E-state index in [0.717, 1.165) is 31.7 Å². The fourth-order valence-electron chi connectivity index (χ4n) is 3.05. The molecule has 0 saturated heterocycles. The number of halogens is 5.